The molecular weight excluding hydrogens is 236 g/mol. The van der Waals surface area contributed by atoms with Gasteiger partial charge in [-0.05, 0) is 5.92 Å². The predicted molar refractivity (Wildman–Crippen MR) is 66.0 cm³/mol. The molecule has 0 aliphatic carbocycles. The summed E-state index contributed by atoms with van der Waals surface area (Å²) in [6.45, 7) is 5.03. The molecule has 1 heterocycles. The first-order chi connectivity index (χ1) is 8.47. The van der Waals surface area contributed by atoms with Crippen LogP contribution in [0.15, 0.2) is 0 Å². The summed E-state index contributed by atoms with van der Waals surface area (Å²) in [5.74, 6) is -1.01. The third-order valence-corrected chi connectivity index (χ3v) is 3.46. The Labute approximate surface area is 107 Å². The molecule has 0 bridgehead atoms. The van der Waals surface area contributed by atoms with Gasteiger partial charge in [0.15, 0.2) is 0 Å². The van der Waals surface area contributed by atoms with E-state index in [1.165, 1.54) is 0 Å². The Kier molecular flexibility index (Phi) is 5.55. The maximum atomic E-state index is 12.2. The van der Waals surface area contributed by atoms with Crippen LogP contribution in [0.4, 0.5) is 0 Å². The molecule has 1 fully saturated rings. The summed E-state index contributed by atoms with van der Waals surface area (Å²) >= 11 is 0. The fourth-order valence-electron chi connectivity index (χ4n) is 2.00. The van der Waals surface area contributed by atoms with E-state index in [4.69, 9.17) is 15.6 Å². The Morgan fingerprint density at radius 2 is 2.22 bits per heavy atom. The first-order valence-corrected chi connectivity index (χ1v) is 6.33. The van der Waals surface area contributed by atoms with Gasteiger partial charge in [0.25, 0.3) is 0 Å². The molecule has 1 saturated heterocycles. The third-order valence-electron chi connectivity index (χ3n) is 3.46. The molecule has 6 heteroatoms. The average Bonchev–Trinajstić information content (AvgIpc) is 2.36. The monoisotopic (exact) mass is 258 g/mol. The lowest BCUT2D eigenvalue weighted by molar-refractivity contribution is -0.147. The van der Waals surface area contributed by atoms with Crippen LogP contribution in [0.3, 0.4) is 0 Å². The van der Waals surface area contributed by atoms with Crippen LogP contribution in [0.25, 0.3) is 0 Å². The molecule has 0 spiro atoms. The molecule has 18 heavy (non-hydrogen) atoms. The maximum absolute atomic E-state index is 12.2. The second-order valence-electron chi connectivity index (χ2n) is 4.77. The molecule has 1 rings (SSSR count). The molecule has 104 valence electrons. The van der Waals surface area contributed by atoms with Gasteiger partial charge in [-0.1, -0.05) is 20.3 Å². The summed E-state index contributed by atoms with van der Waals surface area (Å²) < 4.78 is 5.23. The third kappa shape index (κ3) is 3.68. The topological polar surface area (TPSA) is 92.9 Å². The number of carboxylic acids is 1. The number of ether oxygens (including phenoxy) is 1. The van der Waals surface area contributed by atoms with E-state index in [-0.39, 0.29) is 24.9 Å². The van der Waals surface area contributed by atoms with Gasteiger partial charge in [-0.25, -0.2) is 0 Å². The highest BCUT2D eigenvalue weighted by Crippen LogP contribution is 2.15. The number of amides is 1. The Bertz CT molecular complexity index is 308. The zero-order chi connectivity index (χ0) is 13.7. The van der Waals surface area contributed by atoms with E-state index in [0.29, 0.717) is 13.2 Å². The lowest BCUT2D eigenvalue weighted by Gasteiger charge is -2.37. The van der Waals surface area contributed by atoms with Gasteiger partial charge in [-0.3, -0.25) is 9.59 Å². The number of hydrogen-bond donors (Lipinski definition) is 2. The van der Waals surface area contributed by atoms with Crippen LogP contribution in [-0.2, 0) is 14.3 Å². The molecule has 0 aromatic carbocycles. The van der Waals surface area contributed by atoms with Crippen LogP contribution in [-0.4, -0.2) is 53.7 Å². The van der Waals surface area contributed by atoms with E-state index in [2.05, 4.69) is 0 Å². The highest BCUT2D eigenvalue weighted by atomic mass is 16.5. The van der Waals surface area contributed by atoms with E-state index >= 15 is 0 Å². The highest BCUT2D eigenvalue weighted by Gasteiger charge is 2.33. The predicted octanol–water partition coefficient (Wildman–Crippen LogP) is 0.0619. The largest absolute Gasteiger partial charge is 0.481 e. The number of rotatable bonds is 5. The van der Waals surface area contributed by atoms with Crippen molar-refractivity contribution in [3.63, 3.8) is 0 Å². The van der Waals surface area contributed by atoms with Gasteiger partial charge in [0, 0.05) is 6.54 Å². The lowest BCUT2D eigenvalue weighted by Crippen LogP contribution is -2.56. The van der Waals surface area contributed by atoms with Gasteiger partial charge in [0.1, 0.15) is 0 Å². The second-order valence-corrected chi connectivity index (χ2v) is 4.77. The molecule has 1 aliphatic rings. The van der Waals surface area contributed by atoms with Crippen molar-refractivity contribution >= 4 is 11.9 Å². The van der Waals surface area contributed by atoms with E-state index in [0.717, 1.165) is 6.42 Å². The molecule has 6 nitrogen and oxygen atoms in total. The molecule has 2 unspecified atom stereocenters. The standard InChI is InChI=1S/C12H22N2O4/c1-3-8(2)11(13)12(17)14-4-5-18-7-9(14)6-10(15)16/h8-9,11H,3-7,13H2,1-2H3,(H,15,16)/t8?,9?,11-/m0/s1. The van der Waals surface area contributed by atoms with E-state index in [1.807, 2.05) is 13.8 Å². The van der Waals surface area contributed by atoms with Crippen molar-refractivity contribution in [2.75, 3.05) is 19.8 Å². The number of nitrogens with zero attached hydrogens (tertiary/aromatic N) is 1. The van der Waals surface area contributed by atoms with E-state index in [1.54, 1.807) is 4.90 Å². The van der Waals surface area contributed by atoms with Crippen LogP contribution in [0, 0.1) is 5.92 Å². The average molecular weight is 258 g/mol. The van der Waals surface area contributed by atoms with Crippen LogP contribution >= 0.6 is 0 Å². The van der Waals surface area contributed by atoms with Crippen molar-refractivity contribution < 1.29 is 19.4 Å². The van der Waals surface area contributed by atoms with Gasteiger partial charge in [0.05, 0.1) is 31.7 Å². The summed E-state index contributed by atoms with van der Waals surface area (Å²) in [7, 11) is 0. The SMILES string of the molecule is CCC(C)[C@H](N)C(=O)N1CCOCC1CC(=O)O. The number of carbonyl (C=O) groups is 2. The van der Waals surface area contributed by atoms with E-state index in [9.17, 15) is 9.59 Å². The molecule has 0 saturated carbocycles. The molecule has 3 N–H and O–H groups in total. The zero-order valence-electron chi connectivity index (χ0n) is 11.0. The van der Waals surface area contributed by atoms with Gasteiger partial charge in [-0.15, -0.1) is 0 Å². The van der Waals surface area contributed by atoms with Crippen molar-refractivity contribution in [1.29, 1.82) is 0 Å². The fourth-order valence-corrected chi connectivity index (χ4v) is 2.00. The first-order valence-electron chi connectivity index (χ1n) is 6.33. The highest BCUT2D eigenvalue weighted by molar-refractivity contribution is 5.83. The summed E-state index contributed by atoms with van der Waals surface area (Å²) in [5.41, 5.74) is 5.92. The molecule has 0 aromatic heterocycles. The number of hydrogen-bond acceptors (Lipinski definition) is 4. The minimum absolute atomic E-state index is 0.0887. The normalized spacial score (nSPS) is 23.5. The Hall–Kier alpha value is -1.14. The summed E-state index contributed by atoms with van der Waals surface area (Å²) in [6, 6.07) is -0.969. The maximum Gasteiger partial charge on any atom is 0.305 e. The molecule has 0 radical (unpaired) electrons. The molecule has 0 aromatic rings. The van der Waals surface area contributed by atoms with Crippen LogP contribution in [0.1, 0.15) is 26.7 Å². The van der Waals surface area contributed by atoms with Gasteiger partial charge >= 0.3 is 5.97 Å². The number of aliphatic carboxylic acids is 1. The van der Waals surface area contributed by atoms with Crippen molar-refractivity contribution in [3.8, 4) is 0 Å². The van der Waals surface area contributed by atoms with E-state index < -0.39 is 18.1 Å². The van der Waals surface area contributed by atoms with Crippen LogP contribution in [0.5, 0.6) is 0 Å². The Balaban J connectivity index is 2.70. The van der Waals surface area contributed by atoms with Crippen LogP contribution in [0.2, 0.25) is 0 Å². The van der Waals surface area contributed by atoms with Crippen molar-refractivity contribution in [3.05, 3.63) is 0 Å². The van der Waals surface area contributed by atoms with Gasteiger partial charge in [-0.2, -0.15) is 0 Å². The van der Waals surface area contributed by atoms with Crippen LogP contribution < -0.4 is 5.73 Å². The molecule has 1 amide bonds. The zero-order valence-corrected chi connectivity index (χ0v) is 11.0. The number of morpholine rings is 1. The molecular formula is C12H22N2O4. The van der Waals surface area contributed by atoms with Crippen molar-refractivity contribution in [2.24, 2.45) is 11.7 Å². The Morgan fingerprint density at radius 3 is 2.78 bits per heavy atom. The molecule has 1 aliphatic heterocycles. The summed E-state index contributed by atoms with van der Waals surface area (Å²) in [6.07, 6.45) is 0.722. The van der Waals surface area contributed by atoms with Gasteiger partial charge in [0.2, 0.25) is 5.91 Å². The minimum Gasteiger partial charge on any atom is -0.481 e. The van der Waals surface area contributed by atoms with Crippen molar-refractivity contribution in [2.45, 2.75) is 38.8 Å². The smallest absolute Gasteiger partial charge is 0.305 e. The molecule has 3 atom stereocenters. The first kappa shape index (κ1) is 14.9. The summed E-state index contributed by atoms with van der Waals surface area (Å²) in [4.78, 5) is 24.6. The van der Waals surface area contributed by atoms with Crippen molar-refractivity contribution in [1.82, 2.24) is 4.90 Å². The second kappa shape index (κ2) is 6.70. The fraction of sp³-hybridized carbons (Fsp3) is 0.833. The van der Waals surface area contributed by atoms with Gasteiger partial charge < -0.3 is 20.5 Å². The quantitative estimate of drug-likeness (QED) is 0.727. The lowest BCUT2D eigenvalue weighted by atomic mass is 9.97. The number of nitrogens with two attached hydrogens (primary N) is 1. The minimum atomic E-state index is -0.930. The Morgan fingerprint density at radius 1 is 1.56 bits per heavy atom. The number of carbonyl (C=O) groups excluding carboxylic acids is 1. The number of carboxylic acid groups (broad SMARTS) is 1. The summed E-state index contributed by atoms with van der Waals surface area (Å²) in [5, 5.41) is 8.83.